The lowest BCUT2D eigenvalue weighted by atomic mass is 10.1. The fraction of sp³-hybridized carbons (Fsp3) is 0.500. The maximum Gasteiger partial charge on any atom is 0.335 e. The number of benzene rings is 1. The summed E-state index contributed by atoms with van der Waals surface area (Å²) in [6, 6.07) is 8.30. The van der Waals surface area contributed by atoms with Crippen molar-refractivity contribution in [1.29, 1.82) is 0 Å². The first-order valence-corrected chi connectivity index (χ1v) is 6.04. The summed E-state index contributed by atoms with van der Waals surface area (Å²) in [6.45, 7) is 5.34. The van der Waals surface area contributed by atoms with E-state index in [0.717, 1.165) is 6.54 Å². The first-order valence-electron chi connectivity index (χ1n) is 6.04. The third kappa shape index (κ3) is 3.31. The first-order chi connectivity index (χ1) is 8.45. The summed E-state index contributed by atoms with van der Waals surface area (Å²) in [5.41, 5.74) is 6.10. The molecule has 1 aromatic carbocycles. The third-order valence-corrected chi connectivity index (χ3v) is 3.76. The van der Waals surface area contributed by atoms with Gasteiger partial charge >= 0.3 is 5.97 Å². The molecular formula is C14H21NO3. The van der Waals surface area contributed by atoms with Gasteiger partial charge in [-0.25, -0.2) is 4.79 Å². The molecule has 4 N–H and O–H groups in total. The van der Waals surface area contributed by atoms with E-state index in [0.29, 0.717) is 29.4 Å². The Balaban J connectivity index is 0.000000180. The Labute approximate surface area is 107 Å². The molecule has 0 spiro atoms. The van der Waals surface area contributed by atoms with Crippen molar-refractivity contribution >= 4 is 5.97 Å². The molecule has 4 heteroatoms. The Kier molecular flexibility index (Phi) is 4.87. The zero-order chi connectivity index (χ0) is 13.8. The molecule has 2 atom stereocenters. The van der Waals surface area contributed by atoms with Gasteiger partial charge in [-0.1, -0.05) is 32.0 Å². The molecule has 0 heterocycles. The summed E-state index contributed by atoms with van der Waals surface area (Å²) >= 11 is 0. The van der Waals surface area contributed by atoms with Gasteiger partial charge in [0.2, 0.25) is 0 Å². The minimum Gasteiger partial charge on any atom is -0.478 e. The molecule has 0 amide bonds. The van der Waals surface area contributed by atoms with Crippen LogP contribution in [-0.2, 0) is 0 Å². The summed E-state index contributed by atoms with van der Waals surface area (Å²) in [4.78, 5) is 10.2. The van der Waals surface area contributed by atoms with Crippen molar-refractivity contribution in [3.05, 3.63) is 35.9 Å². The summed E-state index contributed by atoms with van der Waals surface area (Å²) in [7, 11) is 0. The highest BCUT2D eigenvalue weighted by Crippen LogP contribution is 2.56. The second-order valence-corrected chi connectivity index (χ2v) is 5.12. The van der Waals surface area contributed by atoms with Crippen LogP contribution in [0.2, 0.25) is 0 Å². The predicted octanol–water partition coefficient (Wildman–Crippen LogP) is 1.59. The van der Waals surface area contributed by atoms with E-state index in [2.05, 4.69) is 13.8 Å². The molecule has 0 aromatic heterocycles. The van der Waals surface area contributed by atoms with Gasteiger partial charge in [0.15, 0.2) is 0 Å². The average molecular weight is 251 g/mol. The summed E-state index contributed by atoms with van der Waals surface area (Å²) < 4.78 is 0. The van der Waals surface area contributed by atoms with E-state index >= 15 is 0 Å². The molecule has 4 nitrogen and oxygen atoms in total. The van der Waals surface area contributed by atoms with E-state index in [-0.39, 0.29) is 0 Å². The summed E-state index contributed by atoms with van der Waals surface area (Å²) in [5, 5.41) is 17.2. The Morgan fingerprint density at radius 1 is 1.28 bits per heavy atom. The molecule has 1 fully saturated rings. The molecule has 100 valence electrons. The molecule has 0 unspecified atom stereocenters. The zero-order valence-electron chi connectivity index (χ0n) is 10.8. The Morgan fingerprint density at radius 3 is 2.06 bits per heavy atom. The van der Waals surface area contributed by atoms with Gasteiger partial charge in [0.05, 0.1) is 5.56 Å². The van der Waals surface area contributed by atoms with Gasteiger partial charge in [0.25, 0.3) is 0 Å². The first kappa shape index (κ1) is 14.7. The maximum absolute atomic E-state index is 10.2. The van der Waals surface area contributed by atoms with Crippen LogP contribution < -0.4 is 5.73 Å². The van der Waals surface area contributed by atoms with Crippen LogP contribution in [0.1, 0.15) is 24.2 Å². The third-order valence-electron chi connectivity index (χ3n) is 3.76. The van der Waals surface area contributed by atoms with Crippen LogP contribution in [-0.4, -0.2) is 29.3 Å². The summed E-state index contributed by atoms with van der Waals surface area (Å²) in [5.74, 6) is 0.139. The predicted molar refractivity (Wildman–Crippen MR) is 70.3 cm³/mol. The maximum atomic E-state index is 10.2. The number of nitrogens with two attached hydrogens (primary N) is 1. The molecule has 0 aliphatic heterocycles. The van der Waals surface area contributed by atoms with Gasteiger partial charge < -0.3 is 15.9 Å². The van der Waals surface area contributed by atoms with E-state index in [1.807, 2.05) is 0 Å². The van der Waals surface area contributed by atoms with E-state index < -0.39 is 5.97 Å². The number of aromatic carboxylic acids is 1. The van der Waals surface area contributed by atoms with Crippen molar-refractivity contribution in [3.63, 3.8) is 0 Å². The van der Waals surface area contributed by atoms with Crippen LogP contribution in [0.25, 0.3) is 0 Å². The number of carboxylic acid groups (broad SMARTS) is 1. The Morgan fingerprint density at radius 2 is 1.83 bits per heavy atom. The molecule has 1 aromatic rings. The highest BCUT2D eigenvalue weighted by molar-refractivity contribution is 5.87. The fourth-order valence-corrected chi connectivity index (χ4v) is 2.27. The second-order valence-electron chi connectivity index (χ2n) is 5.12. The van der Waals surface area contributed by atoms with E-state index in [1.165, 1.54) is 0 Å². The van der Waals surface area contributed by atoms with Crippen LogP contribution in [0.4, 0.5) is 0 Å². The second kappa shape index (κ2) is 5.98. The van der Waals surface area contributed by atoms with E-state index in [1.54, 1.807) is 30.3 Å². The zero-order valence-corrected chi connectivity index (χ0v) is 10.8. The Bertz CT molecular complexity index is 377. The fourth-order valence-electron chi connectivity index (χ4n) is 2.27. The lowest BCUT2D eigenvalue weighted by molar-refractivity contribution is 0.0697. The average Bonchev–Trinajstić information content (AvgIpc) is 2.91. The number of carboxylic acids is 1. The van der Waals surface area contributed by atoms with Gasteiger partial charge in [-0.05, 0) is 35.9 Å². The monoisotopic (exact) mass is 251 g/mol. The van der Waals surface area contributed by atoms with Gasteiger partial charge in [-0.2, -0.15) is 0 Å². The lowest BCUT2D eigenvalue weighted by Crippen LogP contribution is -2.05. The van der Waals surface area contributed by atoms with Crippen molar-refractivity contribution in [2.75, 3.05) is 13.2 Å². The Hall–Kier alpha value is -1.39. The normalized spacial score (nSPS) is 23.8. The number of hydrogen-bond donors (Lipinski definition) is 3. The molecule has 1 aliphatic rings. The van der Waals surface area contributed by atoms with Gasteiger partial charge in [-0.3, -0.25) is 0 Å². The van der Waals surface area contributed by atoms with Gasteiger partial charge in [0, 0.05) is 6.61 Å². The van der Waals surface area contributed by atoms with Crippen molar-refractivity contribution in [1.82, 2.24) is 0 Å². The van der Waals surface area contributed by atoms with Crippen LogP contribution in [0, 0.1) is 17.3 Å². The van der Waals surface area contributed by atoms with Gasteiger partial charge in [0.1, 0.15) is 0 Å². The number of carbonyl (C=O) groups is 1. The number of aliphatic hydroxyl groups excluding tert-OH is 1. The minimum absolute atomic E-state index is 0.300. The molecule has 2 rings (SSSR count). The van der Waals surface area contributed by atoms with Crippen molar-refractivity contribution in [2.45, 2.75) is 13.8 Å². The smallest absolute Gasteiger partial charge is 0.335 e. The molecule has 18 heavy (non-hydrogen) atoms. The lowest BCUT2D eigenvalue weighted by Gasteiger charge is -1.97. The molecular weight excluding hydrogens is 230 g/mol. The van der Waals surface area contributed by atoms with Crippen molar-refractivity contribution in [3.8, 4) is 0 Å². The molecule has 1 saturated carbocycles. The van der Waals surface area contributed by atoms with Crippen molar-refractivity contribution in [2.24, 2.45) is 23.0 Å². The molecule has 0 saturated heterocycles. The largest absolute Gasteiger partial charge is 0.478 e. The SMILES string of the molecule is CC1(C)[C@H](CO)[C@@H]1CN.O=C(O)c1ccccc1. The topological polar surface area (TPSA) is 83.5 Å². The number of aliphatic hydroxyl groups is 1. The van der Waals surface area contributed by atoms with Crippen LogP contribution >= 0.6 is 0 Å². The number of rotatable bonds is 3. The molecule has 0 bridgehead atoms. The standard InChI is InChI=1S/C7H15NO.C7H6O2/c1-7(2)5(3-8)6(7)4-9;8-7(9)6-4-2-1-3-5-6/h5-6,9H,3-4,8H2,1-2H3;1-5H,(H,8,9)/t5-,6+;/m0./s1. The van der Waals surface area contributed by atoms with Gasteiger partial charge in [-0.15, -0.1) is 0 Å². The van der Waals surface area contributed by atoms with Crippen LogP contribution in [0.3, 0.4) is 0 Å². The van der Waals surface area contributed by atoms with Crippen LogP contribution in [0.5, 0.6) is 0 Å². The highest BCUT2D eigenvalue weighted by atomic mass is 16.4. The van der Waals surface area contributed by atoms with Crippen molar-refractivity contribution < 1.29 is 15.0 Å². The molecule has 0 radical (unpaired) electrons. The highest BCUT2D eigenvalue weighted by Gasteiger charge is 2.55. The van der Waals surface area contributed by atoms with Crippen LogP contribution in [0.15, 0.2) is 30.3 Å². The number of hydrogen-bond acceptors (Lipinski definition) is 3. The van der Waals surface area contributed by atoms with E-state index in [9.17, 15) is 4.79 Å². The minimum atomic E-state index is -0.879. The van der Waals surface area contributed by atoms with E-state index in [4.69, 9.17) is 15.9 Å². The quantitative estimate of drug-likeness (QED) is 0.761. The summed E-state index contributed by atoms with van der Waals surface area (Å²) in [6.07, 6.45) is 0. The molecule has 1 aliphatic carbocycles.